The first-order chi connectivity index (χ1) is 14.1. The van der Waals surface area contributed by atoms with Crippen molar-refractivity contribution in [1.82, 2.24) is 38.9 Å². The molecule has 1 aromatic carbocycles. The Morgan fingerprint density at radius 1 is 1.00 bits per heavy atom. The van der Waals surface area contributed by atoms with E-state index in [1.54, 1.807) is 15.6 Å². The summed E-state index contributed by atoms with van der Waals surface area (Å²) in [5, 5.41) is 11.7. The van der Waals surface area contributed by atoms with Gasteiger partial charge in [-0.25, -0.2) is 14.5 Å². The maximum Gasteiger partial charge on any atom is 0.333 e. The van der Waals surface area contributed by atoms with Crippen LogP contribution in [0, 0.1) is 0 Å². The van der Waals surface area contributed by atoms with Gasteiger partial charge < -0.3 is 4.57 Å². The van der Waals surface area contributed by atoms with E-state index in [1.165, 1.54) is 9.13 Å². The largest absolute Gasteiger partial charge is 0.333 e. The summed E-state index contributed by atoms with van der Waals surface area (Å²) in [4.78, 5) is 30.9. The molecular formula is C19H22N8O2. The molecule has 0 atom stereocenters. The van der Waals surface area contributed by atoms with Crippen LogP contribution in [0.1, 0.15) is 31.7 Å². The summed E-state index contributed by atoms with van der Waals surface area (Å²) in [7, 11) is 0. The molecule has 0 amide bonds. The van der Waals surface area contributed by atoms with Gasteiger partial charge in [-0.15, -0.1) is 5.10 Å². The van der Waals surface area contributed by atoms with Gasteiger partial charge in [-0.3, -0.25) is 13.9 Å². The number of aryl methyl sites for hydroxylation is 2. The summed E-state index contributed by atoms with van der Waals surface area (Å²) < 4.78 is 6.10. The fourth-order valence-corrected chi connectivity index (χ4v) is 3.39. The molecule has 4 rings (SSSR count). The molecule has 29 heavy (non-hydrogen) atoms. The average Bonchev–Trinajstić information content (AvgIpc) is 3.36. The van der Waals surface area contributed by atoms with E-state index in [0.717, 1.165) is 12.0 Å². The molecule has 0 N–H and O–H groups in total. The zero-order chi connectivity index (χ0) is 20.4. The van der Waals surface area contributed by atoms with E-state index in [1.807, 2.05) is 44.2 Å². The number of hydrogen-bond acceptors (Lipinski definition) is 6. The van der Waals surface area contributed by atoms with Gasteiger partial charge in [0.05, 0.1) is 19.4 Å². The zero-order valence-electron chi connectivity index (χ0n) is 16.4. The smallest absolute Gasteiger partial charge is 0.325 e. The predicted octanol–water partition coefficient (Wildman–Crippen LogP) is 0.873. The van der Waals surface area contributed by atoms with Crippen molar-refractivity contribution in [3.05, 3.63) is 68.9 Å². The second-order valence-electron chi connectivity index (χ2n) is 6.77. The monoisotopic (exact) mass is 394 g/mol. The van der Waals surface area contributed by atoms with Crippen LogP contribution in [-0.4, -0.2) is 38.9 Å². The number of hydrogen-bond donors (Lipinski definition) is 0. The van der Waals surface area contributed by atoms with Crippen LogP contribution >= 0.6 is 0 Å². The van der Waals surface area contributed by atoms with Gasteiger partial charge in [0.2, 0.25) is 0 Å². The minimum absolute atomic E-state index is 0.00426. The number of nitrogens with zero attached hydrogens (tertiary/aromatic N) is 8. The molecule has 4 aromatic rings. The Kier molecular flexibility index (Phi) is 5.07. The first-order valence-corrected chi connectivity index (χ1v) is 9.61. The van der Waals surface area contributed by atoms with Crippen LogP contribution in [0.5, 0.6) is 0 Å². The van der Waals surface area contributed by atoms with Crippen LogP contribution in [0.15, 0.2) is 46.2 Å². The molecule has 0 unspecified atom stereocenters. The van der Waals surface area contributed by atoms with E-state index >= 15 is 0 Å². The van der Waals surface area contributed by atoms with Gasteiger partial charge in [-0.1, -0.05) is 37.3 Å². The summed E-state index contributed by atoms with van der Waals surface area (Å²) in [5.74, 6) is 0.472. The van der Waals surface area contributed by atoms with E-state index < -0.39 is 5.69 Å². The maximum absolute atomic E-state index is 13.3. The van der Waals surface area contributed by atoms with Crippen LogP contribution in [-0.2, 0) is 26.2 Å². The lowest BCUT2D eigenvalue weighted by atomic mass is 10.2. The van der Waals surface area contributed by atoms with Gasteiger partial charge in [-0.2, -0.15) is 0 Å². The molecule has 0 bridgehead atoms. The second-order valence-corrected chi connectivity index (χ2v) is 6.77. The highest BCUT2D eigenvalue weighted by molar-refractivity contribution is 5.70. The summed E-state index contributed by atoms with van der Waals surface area (Å²) >= 11 is 0. The Balaban J connectivity index is 1.91. The average molecular weight is 394 g/mol. The lowest BCUT2D eigenvalue weighted by Crippen LogP contribution is -2.41. The van der Waals surface area contributed by atoms with Crippen LogP contribution in [0.25, 0.3) is 11.2 Å². The summed E-state index contributed by atoms with van der Waals surface area (Å²) in [6, 6.07) is 9.62. The van der Waals surface area contributed by atoms with E-state index in [-0.39, 0.29) is 12.1 Å². The highest BCUT2D eigenvalue weighted by atomic mass is 16.2. The molecule has 0 aliphatic heterocycles. The van der Waals surface area contributed by atoms with Crippen LogP contribution in [0.2, 0.25) is 0 Å². The Labute approximate surface area is 166 Å². The minimum Gasteiger partial charge on any atom is -0.325 e. The summed E-state index contributed by atoms with van der Waals surface area (Å²) in [6.07, 6.45) is 2.44. The van der Waals surface area contributed by atoms with Gasteiger partial charge in [-0.05, 0) is 29.3 Å². The van der Waals surface area contributed by atoms with Crippen molar-refractivity contribution >= 4 is 11.2 Å². The number of benzene rings is 1. The molecule has 0 aliphatic rings. The standard InChI is InChI=1S/C19H22N8O2/c1-3-10-27-15(21-22-23-27)12-26-18(28)16-17(20-13-24(16)4-2)25(19(26)29)11-14-8-6-5-7-9-14/h5-9,13H,3-4,10-12H2,1-2H3. The van der Waals surface area contributed by atoms with Gasteiger partial charge >= 0.3 is 5.69 Å². The summed E-state index contributed by atoms with van der Waals surface area (Å²) in [6.45, 7) is 5.45. The Hall–Kier alpha value is -3.56. The third-order valence-electron chi connectivity index (χ3n) is 4.85. The Morgan fingerprint density at radius 3 is 2.52 bits per heavy atom. The van der Waals surface area contributed by atoms with E-state index in [4.69, 9.17) is 0 Å². The minimum atomic E-state index is -0.432. The van der Waals surface area contributed by atoms with Crippen molar-refractivity contribution in [1.29, 1.82) is 0 Å². The maximum atomic E-state index is 13.3. The van der Waals surface area contributed by atoms with Crippen molar-refractivity contribution in [2.45, 2.75) is 46.4 Å². The van der Waals surface area contributed by atoms with Crippen LogP contribution in [0.4, 0.5) is 0 Å². The predicted molar refractivity (Wildman–Crippen MR) is 107 cm³/mol. The number of rotatable bonds is 7. The first-order valence-electron chi connectivity index (χ1n) is 9.61. The molecule has 0 aliphatic carbocycles. The zero-order valence-corrected chi connectivity index (χ0v) is 16.4. The Morgan fingerprint density at radius 2 is 1.79 bits per heavy atom. The lowest BCUT2D eigenvalue weighted by Gasteiger charge is -2.12. The number of imidazole rings is 1. The van der Waals surface area contributed by atoms with Crippen LogP contribution < -0.4 is 11.2 Å². The van der Waals surface area contributed by atoms with Gasteiger partial charge in [0.25, 0.3) is 5.56 Å². The van der Waals surface area contributed by atoms with Crippen molar-refractivity contribution < 1.29 is 0 Å². The molecule has 0 radical (unpaired) electrons. The van der Waals surface area contributed by atoms with Crippen molar-refractivity contribution in [3.8, 4) is 0 Å². The molecule has 150 valence electrons. The first kappa shape index (κ1) is 18.8. The lowest BCUT2D eigenvalue weighted by molar-refractivity contribution is 0.528. The van der Waals surface area contributed by atoms with Gasteiger partial charge in [0.15, 0.2) is 17.0 Å². The molecule has 0 spiro atoms. The van der Waals surface area contributed by atoms with E-state index in [0.29, 0.717) is 36.6 Å². The van der Waals surface area contributed by atoms with E-state index in [2.05, 4.69) is 20.5 Å². The summed E-state index contributed by atoms with van der Waals surface area (Å²) in [5.41, 5.74) is 0.911. The molecular weight excluding hydrogens is 372 g/mol. The highest BCUT2D eigenvalue weighted by Crippen LogP contribution is 2.10. The Bertz CT molecular complexity index is 1250. The molecule has 0 saturated carbocycles. The van der Waals surface area contributed by atoms with Gasteiger partial charge in [0.1, 0.15) is 0 Å². The van der Waals surface area contributed by atoms with Crippen LogP contribution in [0.3, 0.4) is 0 Å². The number of fused-ring (bicyclic) bond motifs is 1. The second kappa shape index (κ2) is 7.82. The SMILES string of the molecule is CCCn1nnnc1Cn1c(=O)c2c(ncn2CC)n(Cc2ccccc2)c1=O. The fraction of sp³-hybridized carbons (Fsp3) is 0.368. The fourth-order valence-electron chi connectivity index (χ4n) is 3.39. The van der Waals surface area contributed by atoms with Gasteiger partial charge in [0, 0.05) is 13.1 Å². The molecule has 0 fully saturated rings. The number of tetrazole rings is 1. The third-order valence-corrected chi connectivity index (χ3v) is 4.85. The normalized spacial score (nSPS) is 11.4. The van der Waals surface area contributed by atoms with E-state index in [9.17, 15) is 9.59 Å². The third kappa shape index (κ3) is 3.37. The highest BCUT2D eigenvalue weighted by Gasteiger charge is 2.19. The molecule has 10 heteroatoms. The molecule has 3 aromatic heterocycles. The van der Waals surface area contributed by atoms with Crippen molar-refractivity contribution in [3.63, 3.8) is 0 Å². The topological polar surface area (TPSA) is 105 Å². The van der Waals surface area contributed by atoms with Crippen molar-refractivity contribution in [2.75, 3.05) is 0 Å². The quantitative estimate of drug-likeness (QED) is 0.461. The molecule has 0 saturated heterocycles. The number of aromatic nitrogens is 8. The van der Waals surface area contributed by atoms with Crippen molar-refractivity contribution in [2.24, 2.45) is 0 Å². The molecule has 10 nitrogen and oxygen atoms in total. The molecule has 3 heterocycles.